The third-order valence-corrected chi connectivity index (χ3v) is 2.55. The van der Waals surface area contributed by atoms with Gasteiger partial charge in [0, 0.05) is 0 Å². The van der Waals surface area contributed by atoms with Crippen molar-refractivity contribution < 1.29 is 22.7 Å². The highest BCUT2D eigenvalue weighted by molar-refractivity contribution is 14.1. The van der Waals surface area contributed by atoms with Crippen molar-refractivity contribution in [3.8, 4) is 0 Å². The van der Waals surface area contributed by atoms with Gasteiger partial charge in [0.1, 0.15) is 9.26 Å². The second-order valence-electron chi connectivity index (χ2n) is 2.73. The summed E-state index contributed by atoms with van der Waals surface area (Å²) < 4.78 is 42.5. The standard InChI is InChI=1S/C9H7F3INO2/c1-2-16-9(15)5-3-4(6(10)11)8(13)14-7(5)12/h3,6H,2H2,1H3. The maximum Gasteiger partial charge on any atom is 0.342 e. The van der Waals surface area contributed by atoms with Crippen molar-refractivity contribution in [2.75, 3.05) is 6.61 Å². The van der Waals surface area contributed by atoms with E-state index in [2.05, 4.69) is 9.72 Å². The summed E-state index contributed by atoms with van der Waals surface area (Å²) >= 11 is 1.48. The number of aromatic nitrogens is 1. The number of nitrogens with zero attached hydrogens (tertiary/aromatic N) is 1. The first kappa shape index (κ1) is 13.2. The van der Waals surface area contributed by atoms with Crippen molar-refractivity contribution in [3.05, 3.63) is 26.8 Å². The van der Waals surface area contributed by atoms with E-state index < -0.39 is 29.5 Å². The largest absolute Gasteiger partial charge is 0.462 e. The van der Waals surface area contributed by atoms with Crippen LogP contribution < -0.4 is 0 Å². The molecule has 0 aliphatic heterocycles. The average Bonchev–Trinajstić information content (AvgIpc) is 2.17. The molecule has 0 radical (unpaired) electrons. The Labute approximate surface area is 103 Å². The van der Waals surface area contributed by atoms with Crippen LogP contribution in [0.25, 0.3) is 0 Å². The Bertz CT molecular complexity index is 412. The fourth-order valence-electron chi connectivity index (χ4n) is 0.991. The molecule has 0 atom stereocenters. The van der Waals surface area contributed by atoms with E-state index in [4.69, 9.17) is 0 Å². The number of pyridine rings is 1. The fraction of sp³-hybridized carbons (Fsp3) is 0.333. The number of alkyl halides is 2. The molecule has 1 aromatic rings. The summed E-state index contributed by atoms with van der Waals surface area (Å²) in [6.07, 6.45) is -2.81. The molecule has 1 rings (SSSR count). The summed E-state index contributed by atoms with van der Waals surface area (Å²) in [7, 11) is 0. The first-order chi connectivity index (χ1) is 7.47. The monoisotopic (exact) mass is 345 g/mol. The minimum absolute atomic E-state index is 0.0360. The van der Waals surface area contributed by atoms with E-state index in [0.717, 1.165) is 6.07 Å². The number of carbonyl (C=O) groups is 1. The third kappa shape index (κ3) is 2.83. The van der Waals surface area contributed by atoms with Crippen LogP contribution >= 0.6 is 22.6 Å². The molecule has 3 nitrogen and oxygen atoms in total. The van der Waals surface area contributed by atoms with Gasteiger partial charge in [-0.3, -0.25) is 0 Å². The molecule has 0 aliphatic rings. The molecule has 0 amide bonds. The number of ether oxygens (including phenoxy) is 1. The van der Waals surface area contributed by atoms with Crippen LogP contribution in [0.15, 0.2) is 6.07 Å². The van der Waals surface area contributed by atoms with Gasteiger partial charge in [0.05, 0.1) is 12.2 Å². The Morgan fingerprint density at radius 3 is 2.75 bits per heavy atom. The van der Waals surface area contributed by atoms with Crippen LogP contribution in [0.2, 0.25) is 0 Å². The lowest BCUT2D eigenvalue weighted by molar-refractivity contribution is 0.0519. The smallest absolute Gasteiger partial charge is 0.342 e. The SMILES string of the molecule is CCOC(=O)c1cc(C(F)F)c(I)nc1F. The third-order valence-electron chi connectivity index (χ3n) is 1.69. The molecular formula is C9H7F3INO2. The molecule has 0 N–H and O–H groups in total. The van der Waals surface area contributed by atoms with E-state index in [0.29, 0.717) is 0 Å². The number of halogens is 4. The van der Waals surface area contributed by atoms with Crippen LogP contribution in [0.1, 0.15) is 29.3 Å². The number of esters is 1. The molecule has 7 heteroatoms. The molecule has 0 aromatic carbocycles. The summed E-state index contributed by atoms with van der Waals surface area (Å²) in [6.45, 7) is 1.57. The molecule has 0 bridgehead atoms. The molecule has 16 heavy (non-hydrogen) atoms. The Kier molecular flexibility index (Phi) is 4.51. The van der Waals surface area contributed by atoms with Gasteiger partial charge in [-0.15, -0.1) is 0 Å². The number of rotatable bonds is 3. The molecule has 0 fully saturated rings. The van der Waals surface area contributed by atoms with Crippen molar-refractivity contribution in [2.24, 2.45) is 0 Å². The predicted octanol–water partition coefficient (Wildman–Crippen LogP) is 2.94. The van der Waals surface area contributed by atoms with Gasteiger partial charge in [0.25, 0.3) is 6.43 Å². The highest BCUT2D eigenvalue weighted by atomic mass is 127. The van der Waals surface area contributed by atoms with E-state index in [9.17, 15) is 18.0 Å². The lowest BCUT2D eigenvalue weighted by Crippen LogP contribution is -2.11. The first-order valence-electron chi connectivity index (χ1n) is 4.28. The van der Waals surface area contributed by atoms with Crippen LogP contribution in [0.4, 0.5) is 13.2 Å². The van der Waals surface area contributed by atoms with E-state index in [1.165, 1.54) is 29.5 Å². The summed E-state index contributed by atoms with van der Waals surface area (Å²) in [5.74, 6) is -2.10. The molecule has 1 aromatic heterocycles. The highest BCUT2D eigenvalue weighted by Crippen LogP contribution is 2.25. The van der Waals surface area contributed by atoms with Crippen LogP contribution in [-0.2, 0) is 4.74 Å². The molecule has 1 heterocycles. The van der Waals surface area contributed by atoms with Crippen LogP contribution in [0.5, 0.6) is 0 Å². The average molecular weight is 345 g/mol. The molecular weight excluding hydrogens is 338 g/mol. The van der Waals surface area contributed by atoms with Crippen molar-refractivity contribution in [3.63, 3.8) is 0 Å². The van der Waals surface area contributed by atoms with E-state index in [1.807, 2.05) is 0 Å². The zero-order valence-electron chi connectivity index (χ0n) is 8.14. The molecule has 0 saturated carbocycles. The number of carbonyl (C=O) groups excluding carboxylic acids is 1. The van der Waals surface area contributed by atoms with Gasteiger partial charge in [-0.1, -0.05) is 0 Å². The summed E-state index contributed by atoms with van der Waals surface area (Å²) in [4.78, 5) is 14.4. The lowest BCUT2D eigenvalue weighted by Gasteiger charge is -2.07. The van der Waals surface area contributed by atoms with Crippen LogP contribution in [0, 0.1) is 9.65 Å². The summed E-state index contributed by atoms with van der Waals surface area (Å²) in [5, 5.41) is 0. The Hall–Kier alpha value is -0.860. The molecule has 0 aliphatic carbocycles. The minimum Gasteiger partial charge on any atom is -0.462 e. The van der Waals surface area contributed by atoms with Gasteiger partial charge in [0.2, 0.25) is 5.95 Å². The van der Waals surface area contributed by atoms with Gasteiger partial charge in [0.15, 0.2) is 0 Å². The van der Waals surface area contributed by atoms with E-state index in [-0.39, 0.29) is 10.3 Å². The molecule has 0 spiro atoms. The first-order valence-corrected chi connectivity index (χ1v) is 5.36. The van der Waals surface area contributed by atoms with Crippen molar-refractivity contribution in [2.45, 2.75) is 13.3 Å². The Morgan fingerprint density at radius 1 is 1.62 bits per heavy atom. The van der Waals surface area contributed by atoms with Gasteiger partial charge in [-0.25, -0.2) is 18.6 Å². The molecule has 0 saturated heterocycles. The minimum atomic E-state index is -2.81. The summed E-state index contributed by atoms with van der Waals surface area (Å²) in [5.41, 5.74) is -1.05. The molecule has 0 unspecified atom stereocenters. The topological polar surface area (TPSA) is 39.2 Å². The van der Waals surface area contributed by atoms with Gasteiger partial charge >= 0.3 is 5.97 Å². The van der Waals surface area contributed by atoms with Gasteiger partial charge in [-0.2, -0.15) is 4.39 Å². The van der Waals surface area contributed by atoms with Gasteiger partial charge < -0.3 is 4.74 Å². The van der Waals surface area contributed by atoms with Crippen LogP contribution in [-0.4, -0.2) is 17.6 Å². The second-order valence-corrected chi connectivity index (χ2v) is 3.75. The zero-order valence-corrected chi connectivity index (χ0v) is 10.3. The maximum absolute atomic E-state index is 13.2. The quantitative estimate of drug-likeness (QED) is 0.480. The number of hydrogen-bond donors (Lipinski definition) is 0. The number of hydrogen-bond acceptors (Lipinski definition) is 3. The van der Waals surface area contributed by atoms with Crippen LogP contribution in [0.3, 0.4) is 0 Å². The van der Waals surface area contributed by atoms with Crippen molar-refractivity contribution in [1.82, 2.24) is 4.98 Å². The predicted molar refractivity (Wildman–Crippen MR) is 57.8 cm³/mol. The second kappa shape index (κ2) is 5.46. The fourth-order valence-corrected chi connectivity index (χ4v) is 1.59. The molecule has 88 valence electrons. The summed E-state index contributed by atoms with van der Waals surface area (Å²) in [6, 6.07) is 0.771. The maximum atomic E-state index is 13.2. The van der Waals surface area contributed by atoms with Crippen molar-refractivity contribution in [1.29, 1.82) is 0 Å². The highest BCUT2D eigenvalue weighted by Gasteiger charge is 2.21. The normalized spacial score (nSPS) is 10.6. The Balaban J connectivity index is 3.19. The van der Waals surface area contributed by atoms with Crippen molar-refractivity contribution >= 4 is 28.6 Å². The van der Waals surface area contributed by atoms with Gasteiger partial charge in [-0.05, 0) is 35.6 Å². The van der Waals surface area contributed by atoms with E-state index in [1.54, 1.807) is 0 Å². The zero-order chi connectivity index (χ0) is 12.3. The Morgan fingerprint density at radius 2 is 2.25 bits per heavy atom. The lowest BCUT2D eigenvalue weighted by atomic mass is 10.2. The van der Waals surface area contributed by atoms with E-state index >= 15 is 0 Å².